The van der Waals surface area contributed by atoms with Crippen LogP contribution in [0.2, 0.25) is 0 Å². The molecule has 1 amide bonds. The number of carbonyl (C=O) groups excluding carboxylic acids is 1. The average molecular weight is 285 g/mol. The zero-order valence-electron chi connectivity index (χ0n) is 12.1. The molecular formula is C16H19N3O2. The molecule has 1 saturated heterocycles. The molecule has 0 spiro atoms. The summed E-state index contributed by atoms with van der Waals surface area (Å²) in [6.07, 6.45) is 5.78. The first-order valence-electron chi connectivity index (χ1n) is 7.26. The van der Waals surface area contributed by atoms with Crippen LogP contribution in [-0.4, -0.2) is 24.0 Å². The first kappa shape index (κ1) is 13.7. The number of aromatic nitrogens is 1. The van der Waals surface area contributed by atoms with Gasteiger partial charge in [0.25, 0.3) is 5.91 Å². The molecule has 0 bridgehead atoms. The second-order valence-corrected chi connectivity index (χ2v) is 5.29. The van der Waals surface area contributed by atoms with E-state index in [0.717, 1.165) is 24.5 Å². The van der Waals surface area contributed by atoms with Crippen LogP contribution in [-0.2, 0) is 6.54 Å². The minimum atomic E-state index is -0.110. The molecule has 0 aliphatic carbocycles. The van der Waals surface area contributed by atoms with Crippen molar-refractivity contribution in [2.75, 3.05) is 18.0 Å². The van der Waals surface area contributed by atoms with Crippen LogP contribution >= 0.6 is 0 Å². The molecule has 1 fully saturated rings. The predicted octanol–water partition coefficient (Wildman–Crippen LogP) is 2.51. The fraction of sp³-hybridized carbons (Fsp3) is 0.375. The van der Waals surface area contributed by atoms with Crippen LogP contribution in [0.3, 0.4) is 0 Å². The Bertz CT molecular complexity index is 630. The normalized spacial score (nSPS) is 14.4. The Morgan fingerprint density at radius 3 is 2.90 bits per heavy atom. The Hall–Kier alpha value is -2.30. The summed E-state index contributed by atoms with van der Waals surface area (Å²) in [5, 5.41) is 2.91. The summed E-state index contributed by atoms with van der Waals surface area (Å²) in [7, 11) is 0. The van der Waals surface area contributed by atoms with E-state index < -0.39 is 0 Å². The Kier molecular flexibility index (Phi) is 3.90. The lowest BCUT2D eigenvalue weighted by Gasteiger charge is -2.16. The summed E-state index contributed by atoms with van der Waals surface area (Å²) in [6, 6.07) is 5.67. The van der Waals surface area contributed by atoms with Crippen LogP contribution in [0.15, 0.2) is 35.1 Å². The molecule has 5 nitrogen and oxygen atoms in total. The molecule has 0 aromatic carbocycles. The second-order valence-electron chi connectivity index (χ2n) is 5.29. The monoisotopic (exact) mass is 285 g/mol. The van der Waals surface area contributed by atoms with Gasteiger partial charge in [-0.3, -0.25) is 4.79 Å². The fourth-order valence-corrected chi connectivity index (χ4v) is 2.59. The van der Waals surface area contributed by atoms with E-state index >= 15 is 0 Å². The van der Waals surface area contributed by atoms with E-state index in [1.165, 1.54) is 19.1 Å². The summed E-state index contributed by atoms with van der Waals surface area (Å²) >= 11 is 0. The maximum atomic E-state index is 12.0. The molecule has 2 aromatic rings. The number of nitrogens with zero attached hydrogens (tertiary/aromatic N) is 2. The van der Waals surface area contributed by atoms with E-state index in [4.69, 9.17) is 4.42 Å². The van der Waals surface area contributed by atoms with Crippen LogP contribution in [0.25, 0.3) is 0 Å². The molecule has 0 atom stereocenters. The zero-order valence-corrected chi connectivity index (χ0v) is 12.1. The summed E-state index contributed by atoms with van der Waals surface area (Å²) in [4.78, 5) is 18.7. The van der Waals surface area contributed by atoms with Gasteiger partial charge < -0.3 is 14.6 Å². The molecule has 1 aliphatic heterocycles. The van der Waals surface area contributed by atoms with Crippen molar-refractivity contribution in [1.82, 2.24) is 10.3 Å². The van der Waals surface area contributed by atoms with Crippen LogP contribution in [0.5, 0.6) is 0 Å². The second kappa shape index (κ2) is 5.99. The molecule has 0 radical (unpaired) electrons. The highest BCUT2D eigenvalue weighted by molar-refractivity contribution is 5.94. The third-order valence-electron chi connectivity index (χ3n) is 3.80. The van der Waals surface area contributed by atoms with Crippen molar-refractivity contribution in [3.63, 3.8) is 0 Å². The van der Waals surface area contributed by atoms with Gasteiger partial charge in [-0.05, 0) is 43.5 Å². The van der Waals surface area contributed by atoms with E-state index in [1.54, 1.807) is 19.2 Å². The van der Waals surface area contributed by atoms with Gasteiger partial charge >= 0.3 is 0 Å². The fourth-order valence-electron chi connectivity index (χ4n) is 2.59. The largest absolute Gasteiger partial charge is 0.469 e. The Labute approximate surface area is 124 Å². The highest BCUT2D eigenvalue weighted by atomic mass is 16.3. The van der Waals surface area contributed by atoms with Gasteiger partial charge in [-0.25, -0.2) is 4.98 Å². The first-order valence-corrected chi connectivity index (χ1v) is 7.26. The number of nitrogens with one attached hydrogen (secondary N) is 1. The van der Waals surface area contributed by atoms with Gasteiger partial charge in [-0.1, -0.05) is 0 Å². The number of anilines is 1. The molecule has 3 heterocycles. The van der Waals surface area contributed by atoms with Crippen molar-refractivity contribution in [2.45, 2.75) is 26.3 Å². The van der Waals surface area contributed by atoms with E-state index in [1.807, 2.05) is 12.1 Å². The summed E-state index contributed by atoms with van der Waals surface area (Å²) in [6.45, 7) is 4.41. The average Bonchev–Trinajstić information content (AvgIpc) is 3.16. The number of pyridine rings is 1. The Balaban J connectivity index is 1.64. The highest BCUT2D eigenvalue weighted by Gasteiger charge is 2.14. The van der Waals surface area contributed by atoms with Gasteiger partial charge in [-0.2, -0.15) is 0 Å². The summed E-state index contributed by atoms with van der Waals surface area (Å²) in [5.41, 5.74) is 1.64. The Morgan fingerprint density at radius 2 is 2.19 bits per heavy atom. The van der Waals surface area contributed by atoms with Gasteiger partial charge in [-0.15, -0.1) is 0 Å². The molecule has 1 aliphatic rings. The standard InChI is InChI=1S/C16H19N3O2/c1-12-14(5-9-21-12)16(20)18-11-13-4-6-17-15(10-13)19-7-2-3-8-19/h4-6,9-10H,2-3,7-8,11H2,1H3,(H,18,20). The minimum Gasteiger partial charge on any atom is -0.469 e. The molecule has 110 valence electrons. The molecule has 2 aromatic heterocycles. The van der Waals surface area contributed by atoms with Crippen molar-refractivity contribution in [3.8, 4) is 0 Å². The topological polar surface area (TPSA) is 58.4 Å². The number of aryl methyl sites for hydroxylation is 1. The smallest absolute Gasteiger partial charge is 0.255 e. The van der Waals surface area contributed by atoms with Crippen LogP contribution in [0.4, 0.5) is 5.82 Å². The number of amides is 1. The van der Waals surface area contributed by atoms with Crippen LogP contribution in [0.1, 0.15) is 34.5 Å². The van der Waals surface area contributed by atoms with Gasteiger partial charge in [0.2, 0.25) is 0 Å². The van der Waals surface area contributed by atoms with Crippen LogP contribution < -0.4 is 10.2 Å². The lowest BCUT2D eigenvalue weighted by atomic mass is 10.2. The van der Waals surface area contributed by atoms with Crippen LogP contribution in [0, 0.1) is 6.92 Å². The quantitative estimate of drug-likeness (QED) is 0.937. The molecule has 21 heavy (non-hydrogen) atoms. The summed E-state index contributed by atoms with van der Waals surface area (Å²) in [5.74, 6) is 1.53. The lowest BCUT2D eigenvalue weighted by molar-refractivity contribution is 0.0949. The third kappa shape index (κ3) is 3.07. The maximum absolute atomic E-state index is 12.0. The van der Waals surface area contributed by atoms with E-state index in [2.05, 4.69) is 15.2 Å². The molecular weight excluding hydrogens is 266 g/mol. The number of hydrogen-bond acceptors (Lipinski definition) is 4. The van der Waals surface area contributed by atoms with Crippen molar-refractivity contribution in [3.05, 3.63) is 47.5 Å². The molecule has 0 unspecified atom stereocenters. The lowest BCUT2D eigenvalue weighted by Crippen LogP contribution is -2.23. The van der Waals surface area contributed by atoms with Crippen molar-refractivity contribution < 1.29 is 9.21 Å². The highest BCUT2D eigenvalue weighted by Crippen LogP contribution is 2.18. The molecule has 5 heteroatoms. The van der Waals surface area contributed by atoms with Crippen molar-refractivity contribution in [1.29, 1.82) is 0 Å². The van der Waals surface area contributed by atoms with Gasteiger partial charge in [0, 0.05) is 25.8 Å². The van der Waals surface area contributed by atoms with E-state index in [9.17, 15) is 4.79 Å². The maximum Gasteiger partial charge on any atom is 0.255 e. The van der Waals surface area contributed by atoms with Crippen molar-refractivity contribution >= 4 is 11.7 Å². The SMILES string of the molecule is Cc1occc1C(=O)NCc1ccnc(N2CCCC2)c1. The van der Waals surface area contributed by atoms with Gasteiger partial charge in [0.15, 0.2) is 0 Å². The molecule has 0 saturated carbocycles. The Morgan fingerprint density at radius 1 is 1.38 bits per heavy atom. The first-order chi connectivity index (χ1) is 10.2. The van der Waals surface area contributed by atoms with E-state index in [-0.39, 0.29) is 5.91 Å². The number of hydrogen-bond donors (Lipinski definition) is 1. The van der Waals surface area contributed by atoms with Gasteiger partial charge in [0.05, 0.1) is 11.8 Å². The zero-order chi connectivity index (χ0) is 14.7. The molecule has 1 N–H and O–H groups in total. The minimum absolute atomic E-state index is 0.110. The van der Waals surface area contributed by atoms with Crippen molar-refractivity contribution in [2.24, 2.45) is 0 Å². The number of furan rings is 1. The van der Waals surface area contributed by atoms with E-state index in [0.29, 0.717) is 17.9 Å². The third-order valence-corrected chi connectivity index (χ3v) is 3.80. The molecule has 3 rings (SSSR count). The predicted molar refractivity (Wildman–Crippen MR) is 80.3 cm³/mol. The number of carbonyl (C=O) groups is 1. The summed E-state index contributed by atoms with van der Waals surface area (Å²) < 4.78 is 5.15. The number of rotatable bonds is 4. The van der Waals surface area contributed by atoms with Gasteiger partial charge in [0.1, 0.15) is 11.6 Å².